The van der Waals surface area contributed by atoms with Crippen LogP contribution in [0.3, 0.4) is 0 Å². The van der Waals surface area contributed by atoms with E-state index in [4.69, 9.17) is 30.6 Å². The molecule has 0 aliphatic heterocycles. The number of carboxylic acid groups (broad SMARTS) is 9. The number of hydrogen-bond acceptors (Lipinski definition) is 18. The van der Waals surface area contributed by atoms with E-state index in [1.54, 1.807) is 0 Å². The number of carbonyl (C=O) groups is 9. The van der Waals surface area contributed by atoms with Gasteiger partial charge < -0.3 is 90.0 Å². The molecular formula is C18H18Al2O21. The predicted molar refractivity (Wildman–Crippen MR) is 107 cm³/mol. The Balaban J connectivity index is -0.000000154. The van der Waals surface area contributed by atoms with E-state index in [0.29, 0.717) is 0 Å². The third-order valence-electron chi connectivity index (χ3n) is 3.78. The Kier molecular flexibility index (Phi) is 23.1. The molecule has 0 aliphatic carbocycles. The van der Waals surface area contributed by atoms with Crippen LogP contribution in [0.5, 0.6) is 0 Å². The molecule has 0 aliphatic rings. The Morgan fingerprint density at radius 2 is 0.537 bits per heavy atom. The molecule has 21 nitrogen and oxygen atoms in total. The molecule has 0 amide bonds. The van der Waals surface area contributed by atoms with E-state index in [2.05, 4.69) is 0 Å². The monoisotopic (exact) mass is 624 g/mol. The fourth-order valence-electron chi connectivity index (χ4n) is 2.09. The summed E-state index contributed by atoms with van der Waals surface area (Å²) in [5.74, 6) is -17.0. The molecule has 41 heavy (non-hydrogen) atoms. The predicted octanol–water partition coefficient (Wildman–Crippen LogP) is -12.5. The molecular weight excluding hydrogens is 606 g/mol. The average molecular weight is 624 g/mol. The number of aliphatic hydroxyl groups is 3. The van der Waals surface area contributed by atoms with Crippen molar-refractivity contribution in [3.05, 3.63) is 0 Å². The largest absolute Gasteiger partial charge is 3.00 e. The Labute approximate surface area is 248 Å². The van der Waals surface area contributed by atoms with Crippen molar-refractivity contribution in [2.75, 3.05) is 0 Å². The van der Waals surface area contributed by atoms with Crippen LogP contribution in [0, 0.1) is 0 Å². The zero-order chi connectivity index (χ0) is 31.9. The standard InChI is InChI=1S/3C6H8O7.2Al/c3*7-3(8)1-6(13,5(11)12)2-4(9)10;;/h3*13H,1-2H2,(H,7,8)(H,9,10)(H,11,12);;/q;;;2*+3/p-6. The van der Waals surface area contributed by atoms with Gasteiger partial charge in [-0.1, -0.05) is 0 Å². The van der Waals surface area contributed by atoms with Gasteiger partial charge >= 0.3 is 52.6 Å². The van der Waals surface area contributed by atoms with Gasteiger partial charge in [0.1, 0.15) is 16.8 Å². The van der Waals surface area contributed by atoms with Crippen molar-refractivity contribution in [1.82, 2.24) is 0 Å². The van der Waals surface area contributed by atoms with Crippen LogP contribution in [0.25, 0.3) is 0 Å². The van der Waals surface area contributed by atoms with Crippen LogP contribution < -0.4 is 30.6 Å². The van der Waals surface area contributed by atoms with Crippen LogP contribution in [-0.2, 0) is 43.2 Å². The molecule has 0 rings (SSSR count). The molecule has 6 N–H and O–H groups in total. The number of carbonyl (C=O) groups excluding carboxylic acids is 6. The van der Waals surface area contributed by atoms with Crippen LogP contribution in [0.4, 0.5) is 0 Å². The molecule has 0 saturated heterocycles. The molecule has 0 radical (unpaired) electrons. The van der Waals surface area contributed by atoms with E-state index in [-0.39, 0.29) is 34.7 Å². The van der Waals surface area contributed by atoms with Crippen molar-refractivity contribution in [2.24, 2.45) is 0 Å². The molecule has 0 spiro atoms. The molecule has 3 atom stereocenters. The van der Waals surface area contributed by atoms with Crippen LogP contribution in [0.2, 0.25) is 0 Å². The summed E-state index contributed by atoms with van der Waals surface area (Å²) in [6.07, 6.45) is -7.69. The second-order valence-corrected chi connectivity index (χ2v) is 7.32. The van der Waals surface area contributed by atoms with E-state index in [0.717, 1.165) is 0 Å². The molecule has 222 valence electrons. The second-order valence-electron chi connectivity index (χ2n) is 7.32. The second kappa shape index (κ2) is 20.1. The zero-order valence-corrected chi connectivity index (χ0v) is 22.5. The molecule has 0 heterocycles. The van der Waals surface area contributed by atoms with Crippen LogP contribution in [0.15, 0.2) is 0 Å². The SMILES string of the molecule is O=C([O-])CC(O)(CC(=O)O)C(=O)[O-].O=C([O-])CC(O)(CC(=O)O)C(=O)[O-].O=C([O-])CC(O)(CC(=O)O)C(=O)[O-].[Al+3].[Al+3]. The quantitative estimate of drug-likeness (QED) is 0.0920. The topological polar surface area (TPSA) is 413 Å². The smallest absolute Gasteiger partial charge is 0.550 e. The summed E-state index contributed by atoms with van der Waals surface area (Å²) in [6, 6.07) is 0. The minimum atomic E-state index is -2.91. The summed E-state index contributed by atoms with van der Waals surface area (Å²) < 4.78 is 0. The molecule has 0 aromatic carbocycles. The normalized spacial score (nSPS) is 13.8. The third-order valence-corrected chi connectivity index (χ3v) is 3.78. The summed E-state index contributed by atoms with van der Waals surface area (Å²) in [4.78, 5) is 90.5. The van der Waals surface area contributed by atoms with Gasteiger partial charge in [-0.25, -0.2) is 0 Å². The van der Waals surface area contributed by atoms with Crippen LogP contribution in [0.1, 0.15) is 38.5 Å². The fraction of sp³-hybridized carbons (Fsp3) is 0.500. The maximum absolute atomic E-state index is 10.2. The Morgan fingerprint density at radius 3 is 0.610 bits per heavy atom. The van der Waals surface area contributed by atoms with E-state index in [1.807, 2.05) is 0 Å². The molecule has 0 aromatic heterocycles. The first-order valence-corrected chi connectivity index (χ1v) is 9.40. The van der Waals surface area contributed by atoms with Crippen molar-refractivity contribution in [1.29, 1.82) is 0 Å². The summed E-state index contributed by atoms with van der Waals surface area (Å²) >= 11 is 0. The number of hydrogen-bond donors (Lipinski definition) is 6. The molecule has 0 saturated carbocycles. The minimum Gasteiger partial charge on any atom is -0.550 e. The van der Waals surface area contributed by atoms with E-state index in [1.165, 1.54) is 0 Å². The summed E-state index contributed by atoms with van der Waals surface area (Å²) in [7, 11) is 0. The summed E-state index contributed by atoms with van der Waals surface area (Å²) in [5.41, 5.74) is -8.74. The van der Waals surface area contributed by atoms with E-state index in [9.17, 15) is 73.8 Å². The fourth-order valence-corrected chi connectivity index (χ4v) is 2.09. The van der Waals surface area contributed by atoms with Crippen molar-refractivity contribution in [3.63, 3.8) is 0 Å². The van der Waals surface area contributed by atoms with Gasteiger partial charge in [-0.3, -0.25) is 14.4 Å². The number of aliphatic carboxylic acids is 9. The van der Waals surface area contributed by atoms with Gasteiger partial charge in [0, 0.05) is 37.2 Å². The van der Waals surface area contributed by atoms with Gasteiger partial charge in [0.25, 0.3) is 0 Å². The van der Waals surface area contributed by atoms with Crippen molar-refractivity contribution >= 4 is 88.4 Å². The minimum absolute atomic E-state index is 0. The Morgan fingerprint density at radius 1 is 0.390 bits per heavy atom. The van der Waals surface area contributed by atoms with Crippen LogP contribution >= 0.6 is 0 Å². The van der Waals surface area contributed by atoms with Gasteiger partial charge in [0.05, 0.1) is 37.2 Å². The molecule has 0 bridgehead atoms. The van der Waals surface area contributed by atoms with Gasteiger partial charge in [-0.15, -0.1) is 0 Å². The van der Waals surface area contributed by atoms with Gasteiger partial charge in [-0.05, 0) is 0 Å². The van der Waals surface area contributed by atoms with Crippen molar-refractivity contribution in [3.8, 4) is 0 Å². The first kappa shape index (κ1) is 47.0. The first-order chi connectivity index (χ1) is 17.3. The Hall–Kier alpha value is -3.83. The van der Waals surface area contributed by atoms with E-state index < -0.39 is 109 Å². The molecule has 0 fully saturated rings. The average Bonchev–Trinajstić information content (AvgIpc) is 2.64. The first-order valence-electron chi connectivity index (χ1n) is 9.40. The maximum Gasteiger partial charge on any atom is 3.00 e. The van der Waals surface area contributed by atoms with Gasteiger partial charge in [0.2, 0.25) is 0 Å². The van der Waals surface area contributed by atoms with Crippen molar-refractivity contribution in [2.45, 2.75) is 55.3 Å². The third kappa shape index (κ3) is 21.7. The summed E-state index contributed by atoms with van der Waals surface area (Å²) in [6.45, 7) is 0. The van der Waals surface area contributed by atoms with Crippen molar-refractivity contribution < 1.29 is 104 Å². The molecule has 0 aromatic rings. The van der Waals surface area contributed by atoms with E-state index >= 15 is 0 Å². The maximum atomic E-state index is 10.2. The molecule has 3 unspecified atom stereocenters. The summed E-state index contributed by atoms with van der Waals surface area (Å²) in [5, 5.41) is 112. The zero-order valence-electron chi connectivity index (χ0n) is 20.2. The van der Waals surface area contributed by atoms with Gasteiger partial charge in [-0.2, -0.15) is 0 Å². The van der Waals surface area contributed by atoms with Gasteiger partial charge in [0.15, 0.2) is 0 Å². The number of rotatable bonds is 15. The number of carboxylic acids is 9. The molecule has 23 heteroatoms. The Bertz CT molecular complexity index is 817. The van der Waals surface area contributed by atoms with Crippen LogP contribution in [-0.4, -0.2) is 136 Å².